The molecule has 0 aliphatic heterocycles. The van der Waals surface area contributed by atoms with Crippen molar-refractivity contribution in [2.75, 3.05) is 6.61 Å². The van der Waals surface area contributed by atoms with Gasteiger partial charge in [-0.05, 0) is 12.1 Å². The van der Waals surface area contributed by atoms with Crippen molar-refractivity contribution in [2.45, 2.75) is 38.6 Å². The summed E-state index contributed by atoms with van der Waals surface area (Å²) >= 11 is 6.07. The molecule has 2 radical (unpaired) electrons. The van der Waals surface area contributed by atoms with Gasteiger partial charge >= 0.3 is 6.18 Å². The monoisotopic (exact) mass is 387 g/mol. The van der Waals surface area contributed by atoms with Crippen LogP contribution in [0.3, 0.4) is 0 Å². The van der Waals surface area contributed by atoms with Gasteiger partial charge in [-0.1, -0.05) is 36.7 Å². The SMILES string of the molecule is [B]c1cnc(-c2nc(C(F)(F)F)cn2COCC[Si](C)(C)C)c(Cl)c1. The minimum Gasteiger partial charge on any atom is -0.361 e. The van der Waals surface area contributed by atoms with Gasteiger partial charge in [-0.2, -0.15) is 13.2 Å². The molecule has 0 aromatic carbocycles. The zero-order valence-electron chi connectivity index (χ0n) is 14.2. The molecule has 2 aromatic heterocycles. The van der Waals surface area contributed by atoms with Crippen LogP contribution in [0.15, 0.2) is 18.5 Å². The Hall–Kier alpha value is -1.32. The molecular formula is C15H18BClF3N3OSi. The highest BCUT2D eigenvalue weighted by Crippen LogP contribution is 2.32. The molecule has 0 aliphatic rings. The van der Waals surface area contributed by atoms with E-state index in [1.165, 1.54) is 16.8 Å². The zero-order valence-corrected chi connectivity index (χ0v) is 15.9. The average Bonchev–Trinajstić information content (AvgIpc) is 2.86. The van der Waals surface area contributed by atoms with Gasteiger partial charge in [0.1, 0.15) is 20.3 Å². The minimum absolute atomic E-state index is 0.00896. The second kappa shape index (κ2) is 7.51. The summed E-state index contributed by atoms with van der Waals surface area (Å²) in [5.41, 5.74) is -0.583. The van der Waals surface area contributed by atoms with Crippen LogP contribution in [0.1, 0.15) is 5.69 Å². The summed E-state index contributed by atoms with van der Waals surface area (Å²) in [7, 11) is 4.29. The van der Waals surface area contributed by atoms with E-state index < -0.39 is 19.9 Å². The maximum Gasteiger partial charge on any atom is 0.434 e. The van der Waals surface area contributed by atoms with Crippen molar-refractivity contribution in [1.82, 2.24) is 14.5 Å². The number of alkyl halides is 3. The minimum atomic E-state index is -4.57. The number of pyridine rings is 1. The third kappa shape index (κ3) is 5.58. The molecule has 0 saturated heterocycles. The number of hydrogen-bond acceptors (Lipinski definition) is 3. The number of imidazole rings is 1. The first-order valence-electron chi connectivity index (χ1n) is 7.61. The van der Waals surface area contributed by atoms with E-state index in [9.17, 15) is 13.2 Å². The first-order chi connectivity index (χ1) is 11.5. The Morgan fingerprint density at radius 2 is 2.00 bits per heavy atom. The predicted molar refractivity (Wildman–Crippen MR) is 95.0 cm³/mol. The number of ether oxygens (including phenoxy) is 1. The van der Waals surface area contributed by atoms with Crippen molar-refractivity contribution in [3.05, 3.63) is 29.2 Å². The summed E-state index contributed by atoms with van der Waals surface area (Å²) in [5, 5.41) is 0.127. The van der Waals surface area contributed by atoms with Crippen molar-refractivity contribution >= 4 is 33.0 Å². The summed E-state index contributed by atoms with van der Waals surface area (Å²) < 4.78 is 45.9. The van der Waals surface area contributed by atoms with Crippen LogP contribution in [-0.4, -0.2) is 37.1 Å². The number of halogens is 4. The van der Waals surface area contributed by atoms with E-state index in [-0.39, 0.29) is 23.3 Å². The molecule has 0 bridgehead atoms. The Morgan fingerprint density at radius 3 is 2.56 bits per heavy atom. The van der Waals surface area contributed by atoms with Crippen molar-refractivity contribution in [2.24, 2.45) is 0 Å². The number of hydrogen-bond donors (Lipinski definition) is 0. The Kier molecular flexibility index (Phi) is 6.01. The second-order valence-electron chi connectivity index (χ2n) is 6.86. The smallest absolute Gasteiger partial charge is 0.361 e. The molecule has 0 fully saturated rings. The quantitative estimate of drug-likeness (QED) is 0.560. The van der Waals surface area contributed by atoms with Gasteiger partial charge < -0.3 is 9.30 Å². The van der Waals surface area contributed by atoms with Crippen LogP contribution in [0, 0.1) is 0 Å². The van der Waals surface area contributed by atoms with E-state index in [0.29, 0.717) is 12.1 Å². The molecule has 134 valence electrons. The molecule has 0 unspecified atom stereocenters. The lowest BCUT2D eigenvalue weighted by Gasteiger charge is -2.16. The fourth-order valence-corrected chi connectivity index (χ4v) is 3.01. The van der Waals surface area contributed by atoms with Crippen LogP contribution in [0.2, 0.25) is 30.7 Å². The molecule has 0 atom stereocenters. The van der Waals surface area contributed by atoms with Crippen LogP contribution in [-0.2, 0) is 17.6 Å². The van der Waals surface area contributed by atoms with Crippen molar-refractivity contribution < 1.29 is 17.9 Å². The van der Waals surface area contributed by atoms with Crippen molar-refractivity contribution in [1.29, 1.82) is 0 Å². The largest absolute Gasteiger partial charge is 0.434 e. The Bertz CT molecular complexity index is 747. The molecule has 2 aromatic rings. The molecule has 0 saturated carbocycles. The molecule has 0 aliphatic carbocycles. The third-order valence-corrected chi connectivity index (χ3v) is 5.36. The third-order valence-electron chi connectivity index (χ3n) is 3.37. The predicted octanol–water partition coefficient (Wildman–Crippen LogP) is 3.72. The lowest BCUT2D eigenvalue weighted by Crippen LogP contribution is -2.22. The first-order valence-corrected chi connectivity index (χ1v) is 11.7. The van der Waals surface area contributed by atoms with E-state index in [4.69, 9.17) is 24.2 Å². The average molecular weight is 388 g/mol. The van der Waals surface area contributed by atoms with Gasteiger partial charge in [0, 0.05) is 27.1 Å². The molecule has 0 N–H and O–H groups in total. The molecule has 25 heavy (non-hydrogen) atoms. The first kappa shape index (κ1) is 20.0. The molecule has 10 heteroatoms. The van der Waals surface area contributed by atoms with E-state index >= 15 is 0 Å². The van der Waals surface area contributed by atoms with E-state index in [1.807, 2.05) is 0 Å². The van der Waals surface area contributed by atoms with Gasteiger partial charge in [-0.15, -0.1) is 0 Å². The maximum absolute atomic E-state index is 13.0. The van der Waals surface area contributed by atoms with Gasteiger partial charge in [0.15, 0.2) is 11.5 Å². The molecule has 4 nitrogen and oxygen atoms in total. The second-order valence-corrected chi connectivity index (χ2v) is 12.9. The summed E-state index contributed by atoms with van der Waals surface area (Å²) in [6.07, 6.45) is -2.35. The highest BCUT2D eigenvalue weighted by Gasteiger charge is 2.35. The summed E-state index contributed by atoms with van der Waals surface area (Å²) in [6.45, 7) is 6.99. The van der Waals surface area contributed by atoms with Gasteiger partial charge in [-0.3, -0.25) is 4.98 Å². The van der Waals surface area contributed by atoms with Gasteiger partial charge in [0.05, 0.1) is 5.02 Å². The Morgan fingerprint density at radius 1 is 1.32 bits per heavy atom. The van der Waals surface area contributed by atoms with Gasteiger partial charge in [-0.25, -0.2) is 4.98 Å². The molecular weight excluding hydrogens is 370 g/mol. The van der Waals surface area contributed by atoms with E-state index in [0.717, 1.165) is 12.2 Å². The maximum atomic E-state index is 13.0. The lowest BCUT2D eigenvalue weighted by molar-refractivity contribution is -0.141. The van der Waals surface area contributed by atoms with Crippen molar-refractivity contribution in [3.63, 3.8) is 0 Å². The van der Waals surface area contributed by atoms with Crippen LogP contribution in [0.5, 0.6) is 0 Å². The molecule has 2 heterocycles. The Balaban J connectivity index is 2.29. The summed E-state index contributed by atoms with van der Waals surface area (Å²) in [6, 6.07) is 2.33. The number of nitrogens with zero attached hydrogens (tertiary/aromatic N) is 3. The van der Waals surface area contributed by atoms with Crippen molar-refractivity contribution in [3.8, 4) is 11.5 Å². The summed E-state index contributed by atoms with van der Waals surface area (Å²) in [4.78, 5) is 7.66. The highest BCUT2D eigenvalue weighted by atomic mass is 35.5. The topological polar surface area (TPSA) is 39.9 Å². The zero-order chi connectivity index (χ0) is 18.8. The van der Waals surface area contributed by atoms with Gasteiger partial charge in [0.2, 0.25) is 0 Å². The lowest BCUT2D eigenvalue weighted by atomic mass is 9.99. The Labute approximate surface area is 151 Å². The molecule has 0 amide bonds. The standard InChI is InChI=1S/C15H18BClF3N3OSi/c1-25(2,3)5-4-24-9-23-8-12(15(18,19)20)22-14(23)13-11(17)6-10(16)7-21-13/h6-8H,4-5,9H2,1-3H3. The highest BCUT2D eigenvalue weighted by molar-refractivity contribution is 6.76. The van der Waals surface area contributed by atoms with Crippen LogP contribution < -0.4 is 5.46 Å². The number of rotatable bonds is 6. The number of aromatic nitrogens is 3. The van der Waals surface area contributed by atoms with Gasteiger partial charge in [0.25, 0.3) is 0 Å². The van der Waals surface area contributed by atoms with E-state index in [1.54, 1.807) is 0 Å². The summed E-state index contributed by atoms with van der Waals surface area (Å²) in [5.74, 6) is -0.00896. The molecule has 2 rings (SSSR count). The normalized spacial score (nSPS) is 12.6. The van der Waals surface area contributed by atoms with Crippen LogP contribution in [0.25, 0.3) is 11.5 Å². The fourth-order valence-electron chi connectivity index (χ4n) is 2.00. The fraction of sp³-hybridized carbons (Fsp3) is 0.467. The molecule has 0 spiro atoms. The van der Waals surface area contributed by atoms with Crippen LogP contribution in [0.4, 0.5) is 13.2 Å². The van der Waals surface area contributed by atoms with Crippen LogP contribution >= 0.6 is 11.6 Å². The van der Waals surface area contributed by atoms with E-state index in [2.05, 4.69) is 29.6 Å².